The number of hydrogen-bond donors (Lipinski definition) is 2. The largest absolute Gasteiger partial charge is 0.480 e. The molecule has 2 aliphatic rings. The zero-order valence-corrected chi connectivity index (χ0v) is 11.5. The zero-order chi connectivity index (χ0) is 14.0. The molecule has 0 spiro atoms. The molecule has 1 aliphatic heterocycles. The van der Waals surface area contributed by atoms with Gasteiger partial charge >= 0.3 is 12.0 Å². The number of nitrogens with zero attached hydrogens (tertiary/aromatic N) is 1. The fraction of sp³-hybridized carbons (Fsp3) is 0.846. The first-order valence-corrected chi connectivity index (χ1v) is 6.79. The molecular weight excluding hydrogens is 248 g/mol. The van der Waals surface area contributed by atoms with Gasteiger partial charge in [0.15, 0.2) is 0 Å². The van der Waals surface area contributed by atoms with Crippen LogP contribution in [-0.2, 0) is 9.53 Å². The van der Waals surface area contributed by atoms with Crippen LogP contribution in [0, 0.1) is 11.8 Å². The van der Waals surface area contributed by atoms with Gasteiger partial charge in [-0.05, 0) is 18.3 Å². The Morgan fingerprint density at radius 3 is 2.47 bits per heavy atom. The molecule has 6 heteroatoms. The Morgan fingerprint density at radius 2 is 2.00 bits per heavy atom. The minimum atomic E-state index is -1.17. The van der Waals surface area contributed by atoms with Crippen molar-refractivity contribution in [2.45, 2.75) is 31.7 Å². The van der Waals surface area contributed by atoms with Crippen molar-refractivity contribution in [3.05, 3.63) is 0 Å². The first-order valence-electron chi connectivity index (χ1n) is 6.79. The van der Waals surface area contributed by atoms with Crippen LogP contribution in [0.25, 0.3) is 0 Å². The molecule has 0 aromatic rings. The van der Waals surface area contributed by atoms with Crippen LogP contribution in [0.4, 0.5) is 4.79 Å². The summed E-state index contributed by atoms with van der Waals surface area (Å²) in [5.74, 6) is 0.260. The molecule has 1 saturated carbocycles. The molecule has 2 rings (SSSR count). The van der Waals surface area contributed by atoms with E-state index in [0.717, 1.165) is 6.42 Å². The number of ether oxygens (including phenoxy) is 1. The van der Waals surface area contributed by atoms with Crippen LogP contribution >= 0.6 is 0 Å². The number of amides is 2. The van der Waals surface area contributed by atoms with E-state index < -0.39 is 11.5 Å². The summed E-state index contributed by atoms with van der Waals surface area (Å²) in [4.78, 5) is 25.1. The van der Waals surface area contributed by atoms with Crippen molar-refractivity contribution in [3.8, 4) is 0 Å². The lowest BCUT2D eigenvalue weighted by atomic mass is 9.90. The lowest BCUT2D eigenvalue weighted by Crippen LogP contribution is -2.60. The molecule has 1 aliphatic carbocycles. The number of urea groups is 1. The van der Waals surface area contributed by atoms with Gasteiger partial charge in [0.05, 0.1) is 0 Å². The number of hydrogen-bond acceptors (Lipinski definition) is 3. The number of carbonyl (C=O) groups is 2. The first kappa shape index (κ1) is 14.1. The summed E-state index contributed by atoms with van der Waals surface area (Å²) in [6, 6.07) is -0.302. The predicted molar refractivity (Wildman–Crippen MR) is 68.9 cm³/mol. The summed E-state index contributed by atoms with van der Waals surface area (Å²) in [6.07, 6.45) is 1.79. The quantitative estimate of drug-likeness (QED) is 0.796. The van der Waals surface area contributed by atoms with Gasteiger partial charge < -0.3 is 20.1 Å². The van der Waals surface area contributed by atoms with Gasteiger partial charge in [0.1, 0.15) is 5.54 Å². The Morgan fingerprint density at radius 1 is 1.42 bits per heavy atom. The van der Waals surface area contributed by atoms with Gasteiger partial charge in [-0.3, -0.25) is 0 Å². The number of nitrogens with one attached hydrogen (secondary N) is 1. The van der Waals surface area contributed by atoms with Gasteiger partial charge in [0, 0.05) is 39.6 Å². The van der Waals surface area contributed by atoms with Crippen LogP contribution in [0.3, 0.4) is 0 Å². The Bertz CT molecular complexity index is 366. The van der Waals surface area contributed by atoms with E-state index in [1.165, 1.54) is 0 Å². The van der Waals surface area contributed by atoms with E-state index in [-0.39, 0.29) is 6.03 Å². The summed E-state index contributed by atoms with van der Waals surface area (Å²) in [7, 11) is 1.72. The van der Waals surface area contributed by atoms with Crippen molar-refractivity contribution in [2.24, 2.45) is 11.8 Å². The number of carbonyl (C=O) groups excluding carboxylic acids is 1. The van der Waals surface area contributed by atoms with Crippen molar-refractivity contribution in [2.75, 3.05) is 26.8 Å². The van der Waals surface area contributed by atoms with Gasteiger partial charge in [0.2, 0.25) is 0 Å². The summed E-state index contributed by atoms with van der Waals surface area (Å²) < 4.78 is 5.18. The molecule has 2 fully saturated rings. The number of rotatable bonds is 4. The van der Waals surface area contributed by atoms with E-state index in [9.17, 15) is 14.7 Å². The van der Waals surface area contributed by atoms with Crippen LogP contribution in [0.15, 0.2) is 0 Å². The van der Waals surface area contributed by atoms with Gasteiger partial charge in [-0.2, -0.15) is 0 Å². The van der Waals surface area contributed by atoms with Crippen molar-refractivity contribution in [1.29, 1.82) is 0 Å². The van der Waals surface area contributed by atoms with Crippen molar-refractivity contribution in [1.82, 2.24) is 10.2 Å². The van der Waals surface area contributed by atoms with Crippen LogP contribution in [0.1, 0.15) is 26.2 Å². The molecule has 1 heterocycles. The lowest BCUT2D eigenvalue weighted by Gasteiger charge is -2.35. The van der Waals surface area contributed by atoms with Gasteiger partial charge in [-0.25, -0.2) is 9.59 Å². The molecule has 108 valence electrons. The highest BCUT2D eigenvalue weighted by Gasteiger charge is 2.43. The average Bonchev–Trinajstić information content (AvgIpc) is 3.05. The fourth-order valence-electron chi connectivity index (χ4n) is 2.50. The Hall–Kier alpha value is -1.30. The molecule has 0 aromatic carbocycles. The van der Waals surface area contributed by atoms with Crippen molar-refractivity contribution >= 4 is 12.0 Å². The maximum atomic E-state index is 12.1. The van der Waals surface area contributed by atoms with Crippen LogP contribution in [-0.4, -0.2) is 54.4 Å². The SMILES string of the molecule is CC1CC1CN(C)C(=O)NC1(C(=O)O)CCOCC1. The molecule has 0 radical (unpaired) electrons. The highest BCUT2D eigenvalue weighted by molar-refractivity contribution is 5.86. The Labute approximate surface area is 113 Å². The van der Waals surface area contributed by atoms with Crippen molar-refractivity contribution in [3.63, 3.8) is 0 Å². The molecule has 0 aromatic heterocycles. The third-order valence-corrected chi connectivity index (χ3v) is 4.23. The molecule has 2 unspecified atom stereocenters. The van der Waals surface area contributed by atoms with E-state index in [1.54, 1.807) is 11.9 Å². The van der Waals surface area contributed by atoms with Crippen LogP contribution < -0.4 is 5.32 Å². The molecule has 2 amide bonds. The zero-order valence-electron chi connectivity index (χ0n) is 11.5. The lowest BCUT2D eigenvalue weighted by molar-refractivity contribution is -0.148. The molecule has 6 nitrogen and oxygen atoms in total. The third-order valence-electron chi connectivity index (χ3n) is 4.23. The van der Waals surface area contributed by atoms with E-state index >= 15 is 0 Å². The summed E-state index contributed by atoms with van der Waals surface area (Å²) in [5.41, 5.74) is -1.17. The highest BCUT2D eigenvalue weighted by Crippen LogP contribution is 2.38. The second kappa shape index (κ2) is 5.36. The maximum Gasteiger partial charge on any atom is 0.329 e. The van der Waals surface area contributed by atoms with Crippen LogP contribution in [0.5, 0.6) is 0 Å². The highest BCUT2D eigenvalue weighted by atomic mass is 16.5. The van der Waals surface area contributed by atoms with E-state index in [4.69, 9.17) is 4.74 Å². The van der Waals surface area contributed by atoms with E-state index in [2.05, 4.69) is 12.2 Å². The molecule has 1 saturated heterocycles. The third kappa shape index (κ3) is 3.18. The summed E-state index contributed by atoms with van der Waals surface area (Å²) >= 11 is 0. The second-order valence-corrected chi connectivity index (χ2v) is 5.78. The molecule has 19 heavy (non-hydrogen) atoms. The normalized spacial score (nSPS) is 28.5. The number of carboxylic acids is 1. The molecule has 2 N–H and O–H groups in total. The molecule has 0 bridgehead atoms. The fourth-order valence-corrected chi connectivity index (χ4v) is 2.50. The van der Waals surface area contributed by atoms with E-state index in [1.807, 2.05) is 0 Å². The average molecular weight is 270 g/mol. The maximum absolute atomic E-state index is 12.1. The smallest absolute Gasteiger partial charge is 0.329 e. The number of aliphatic carboxylic acids is 1. The minimum absolute atomic E-state index is 0.302. The monoisotopic (exact) mass is 270 g/mol. The Balaban J connectivity index is 1.92. The summed E-state index contributed by atoms with van der Waals surface area (Å²) in [6.45, 7) is 3.60. The topological polar surface area (TPSA) is 78.9 Å². The minimum Gasteiger partial charge on any atom is -0.480 e. The van der Waals surface area contributed by atoms with Gasteiger partial charge in [0.25, 0.3) is 0 Å². The van der Waals surface area contributed by atoms with E-state index in [0.29, 0.717) is 44.4 Å². The van der Waals surface area contributed by atoms with Gasteiger partial charge in [-0.1, -0.05) is 6.92 Å². The molecular formula is C13H22N2O4. The van der Waals surface area contributed by atoms with Gasteiger partial charge in [-0.15, -0.1) is 0 Å². The Kier molecular flexibility index (Phi) is 3.99. The standard InChI is InChI=1S/C13H22N2O4/c1-9-7-10(9)8-15(2)12(18)14-13(11(16)17)3-5-19-6-4-13/h9-10H,3-8H2,1-2H3,(H,14,18)(H,16,17). The molecule has 2 atom stereocenters. The number of carboxylic acid groups (broad SMARTS) is 1. The van der Waals surface area contributed by atoms with Crippen LogP contribution in [0.2, 0.25) is 0 Å². The summed E-state index contributed by atoms with van der Waals surface area (Å²) in [5, 5.41) is 12.1. The van der Waals surface area contributed by atoms with Crippen molar-refractivity contribution < 1.29 is 19.4 Å². The predicted octanol–water partition coefficient (Wildman–Crippen LogP) is 0.918. The first-order chi connectivity index (χ1) is 8.94. The second-order valence-electron chi connectivity index (χ2n) is 5.78.